The van der Waals surface area contributed by atoms with Gasteiger partial charge in [-0.3, -0.25) is 9.20 Å². The van der Waals surface area contributed by atoms with Crippen LogP contribution in [0.1, 0.15) is 30.0 Å². The minimum atomic E-state index is -3.64. The molecule has 2 heterocycles. The van der Waals surface area contributed by atoms with Gasteiger partial charge < -0.3 is 5.32 Å². The predicted octanol–water partition coefficient (Wildman–Crippen LogP) is 1.73. The molecule has 1 N–H and O–H groups in total. The highest BCUT2D eigenvalue weighted by Gasteiger charge is 2.23. The van der Waals surface area contributed by atoms with Gasteiger partial charge in [-0.2, -0.15) is 4.31 Å². The molecule has 0 spiro atoms. The molecule has 148 valence electrons. The minimum absolute atomic E-state index is 0.0970. The number of rotatable bonds is 7. The Kier molecular flexibility index (Phi) is 5.76. The zero-order chi connectivity index (χ0) is 20.3. The van der Waals surface area contributed by atoms with Crippen LogP contribution in [0.15, 0.2) is 53.6 Å². The summed E-state index contributed by atoms with van der Waals surface area (Å²) < 4.78 is 28.4. The lowest BCUT2D eigenvalue weighted by Crippen LogP contribution is -2.33. The molecule has 3 aromatic rings. The zero-order valence-corrected chi connectivity index (χ0v) is 16.8. The smallest absolute Gasteiger partial charge is 0.251 e. The van der Waals surface area contributed by atoms with E-state index < -0.39 is 10.0 Å². The number of pyridine rings is 1. The molecule has 1 amide bonds. The third-order valence-electron chi connectivity index (χ3n) is 4.52. The van der Waals surface area contributed by atoms with Gasteiger partial charge in [0.05, 0.1) is 4.90 Å². The Labute approximate surface area is 164 Å². The van der Waals surface area contributed by atoms with E-state index in [-0.39, 0.29) is 16.8 Å². The Balaban J connectivity index is 1.68. The van der Waals surface area contributed by atoms with Crippen LogP contribution in [0.4, 0.5) is 0 Å². The second-order valence-electron chi connectivity index (χ2n) is 6.69. The van der Waals surface area contributed by atoms with E-state index in [0.717, 1.165) is 11.5 Å². The van der Waals surface area contributed by atoms with Crippen LogP contribution in [0.2, 0.25) is 0 Å². The number of hydrogen-bond acceptors (Lipinski definition) is 5. The maximum absolute atomic E-state index is 12.6. The first-order valence-corrected chi connectivity index (χ1v) is 10.4. The van der Waals surface area contributed by atoms with Crippen LogP contribution in [0, 0.1) is 0 Å². The van der Waals surface area contributed by atoms with Gasteiger partial charge in [0.25, 0.3) is 5.91 Å². The highest BCUT2D eigenvalue weighted by Crippen LogP contribution is 2.18. The van der Waals surface area contributed by atoms with E-state index in [1.807, 2.05) is 28.8 Å². The van der Waals surface area contributed by atoms with Crippen molar-refractivity contribution in [2.45, 2.75) is 31.2 Å². The van der Waals surface area contributed by atoms with E-state index >= 15 is 0 Å². The van der Waals surface area contributed by atoms with Crippen LogP contribution < -0.4 is 5.32 Å². The van der Waals surface area contributed by atoms with Crippen molar-refractivity contribution < 1.29 is 13.2 Å². The summed E-state index contributed by atoms with van der Waals surface area (Å²) in [5.74, 6) is 0.406. The van der Waals surface area contributed by atoms with Gasteiger partial charge >= 0.3 is 0 Å². The molecule has 1 aromatic carbocycles. The number of carbonyl (C=O) groups is 1. The summed E-state index contributed by atoms with van der Waals surface area (Å²) in [6, 6.07) is 11.5. The molecule has 3 rings (SSSR count). The highest BCUT2D eigenvalue weighted by atomic mass is 32.2. The fourth-order valence-electron chi connectivity index (χ4n) is 2.69. The number of fused-ring (bicyclic) bond motifs is 1. The molecule has 0 aliphatic rings. The lowest BCUT2D eigenvalue weighted by molar-refractivity contribution is 0.0953. The average Bonchev–Trinajstić information content (AvgIpc) is 3.10. The SMILES string of the molecule is CC(C)N(C)S(=O)(=O)c1cccc(C(=O)NCCc2nnc3ccccn23)c1. The summed E-state index contributed by atoms with van der Waals surface area (Å²) in [7, 11) is -2.12. The Hall–Kier alpha value is -2.78. The van der Waals surface area contributed by atoms with Crippen molar-refractivity contribution >= 4 is 21.6 Å². The number of nitrogens with zero attached hydrogens (tertiary/aromatic N) is 4. The van der Waals surface area contributed by atoms with Gasteiger partial charge in [-0.25, -0.2) is 8.42 Å². The van der Waals surface area contributed by atoms with E-state index in [0.29, 0.717) is 18.5 Å². The molecule has 0 saturated carbocycles. The first kappa shape index (κ1) is 20.0. The molecule has 0 radical (unpaired) electrons. The quantitative estimate of drug-likeness (QED) is 0.650. The van der Waals surface area contributed by atoms with Crippen LogP contribution in [-0.2, 0) is 16.4 Å². The van der Waals surface area contributed by atoms with E-state index in [1.165, 1.54) is 23.5 Å². The van der Waals surface area contributed by atoms with Gasteiger partial charge in [-0.15, -0.1) is 10.2 Å². The third-order valence-corrected chi connectivity index (χ3v) is 6.55. The first-order valence-electron chi connectivity index (χ1n) is 8.95. The van der Waals surface area contributed by atoms with Crippen LogP contribution >= 0.6 is 0 Å². The van der Waals surface area contributed by atoms with E-state index in [9.17, 15) is 13.2 Å². The van der Waals surface area contributed by atoms with E-state index in [1.54, 1.807) is 26.0 Å². The Morgan fingerprint density at radius 3 is 2.71 bits per heavy atom. The zero-order valence-electron chi connectivity index (χ0n) is 16.0. The van der Waals surface area contributed by atoms with Gasteiger partial charge in [-0.05, 0) is 44.2 Å². The second-order valence-corrected chi connectivity index (χ2v) is 8.69. The van der Waals surface area contributed by atoms with Gasteiger partial charge in [0.2, 0.25) is 10.0 Å². The van der Waals surface area contributed by atoms with Crippen molar-refractivity contribution in [3.05, 3.63) is 60.0 Å². The average molecular weight is 401 g/mol. The first-order chi connectivity index (χ1) is 13.3. The van der Waals surface area contributed by atoms with Crippen LogP contribution in [-0.4, -0.2) is 52.9 Å². The standard InChI is InChI=1S/C19H23N5O3S/c1-14(2)23(3)28(26,27)16-8-6-7-15(13-16)19(25)20-11-10-18-22-21-17-9-4-5-12-24(17)18/h4-9,12-14H,10-11H2,1-3H3,(H,20,25). The molecule has 0 atom stereocenters. The van der Waals surface area contributed by atoms with Crippen molar-refractivity contribution in [2.75, 3.05) is 13.6 Å². The van der Waals surface area contributed by atoms with E-state index in [4.69, 9.17) is 0 Å². The van der Waals surface area contributed by atoms with Crippen LogP contribution in [0.5, 0.6) is 0 Å². The van der Waals surface area contributed by atoms with Crippen LogP contribution in [0.3, 0.4) is 0 Å². The maximum atomic E-state index is 12.6. The normalized spacial score (nSPS) is 12.0. The molecule has 28 heavy (non-hydrogen) atoms. The van der Waals surface area contributed by atoms with E-state index in [2.05, 4.69) is 15.5 Å². The summed E-state index contributed by atoms with van der Waals surface area (Å²) in [5.41, 5.74) is 1.04. The lowest BCUT2D eigenvalue weighted by atomic mass is 10.2. The van der Waals surface area contributed by atoms with Crippen molar-refractivity contribution in [3.8, 4) is 0 Å². The second kappa shape index (κ2) is 8.07. The fraction of sp³-hybridized carbons (Fsp3) is 0.316. The van der Waals surface area contributed by atoms with Gasteiger partial charge in [0.1, 0.15) is 5.82 Å². The summed E-state index contributed by atoms with van der Waals surface area (Å²) in [4.78, 5) is 12.6. The number of carbonyl (C=O) groups excluding carboxylic acids is 1. The summed E-state index contributed by atoms with van der Waals surface area (Å²) >= 11 is 0. The molecule has 0 bridgehead atoms. The number of benzene rings is 1. The summed E-state index contributed by atoms with van der Waals surface area (Å²) in [6.07, 6.45) is 2.37. The largest absolute Gasteiger partial charge is 0.352 e. The maximum Gasteiger partial charge on any atom is 0.251 e. The highest BCUT2D eigenvalue weighted by molar-refractivity contribution is 7.89. The molecule has 0 fully saturated rings. The summed E-state index contributed by atoms with van der Waals surface area (Å²) in [6.45, 7) is 3.95. The molecule has 9 heteroatoms. The molecule has 8 nitrogen and oxygen atoms in total. The molecule has 0 aliphatic carbocycles. The van der Waals surface area contributed by atoms with Crippen molar-refractivity contribution in [1.82, 2.24) is 24.2 Å². The third kappa shape index (κ3) is 4.05. The Morgan fingerprint density at radius 2 is 1.96 bits per heavy atom. The topological polar surface area (TPSA) is 96.7 Å². The van der Waals surface area contributed by atoms with Gasteiger partial charge in [-0.1, -0.05) is 12.1 Å². The van der Waals surface area contributed by atoms with Crippen LogP contribution in [0.25, 0.3) is 5.65 Å². The Bertz CT molecular complexity index is 1090. The molecule has 0 saturated heterocycles. The van der Waals surface area contributed by atoms with Crippen molar-refractivity contribution in [3.63, 3.8) is 0 Å². The molecule has 0 unspecified atom stereocenters. The molecular weight excluding hydrogens is 378 g/mol. The number of nitrogens with one attached hydrogen (secondary N) is 1. The van der Waals surface area contributed by atoms with Gasteiger partial charge in [0.15, 0.2) is 5.65 Å². The molecular formula is C19H23N5O3S. The number of aromatic nitrogens is 3. The summed E-state index contributed by atoms with van der Waals surface area (Å²) in [5, 5.41) is 11.0. The minimum Gasteiger partial charge on any atom is -0.352 e. The predicted molar refractivity (Wildman–Crippen MR) is 106 cm³/mol. The van der Waals surface area contributed by atoms with Crippen molar-refractivity contribution in [2.24, 2.45) is 0 Å². The lowest BCUT2D eigenvalue weighted by Gasteiger charge is -2.21. The monoisotopic (exact) mass is 401 g/mol. The molecule has 2 aromatic heterocycles. The van der Waals surface area contributed by atoms with Gasteiger partial charge in [0, 0.05) is 37.8 Å². The number of sulfonamides is 1. The number of amides is 1. The fourth-order valence-corrected chi connectivity index (χ4v) is 4.11. The Morgan fingerprint density at radius 1 is 1.18 bits per heavy atom. The number of hydrogen-bond donors (Lipinski definition) is 1. The van der Waals surface area contributed by atoms with Crippen molar-refractivity contribution in [1.29, 1.82) is 0 Å². The molecule has 0 aliphatic heterocycles.